The minimum absolute atomic E-state index is 0.00544. The van der Waals surface area contributed by atoms with Crippen molar-refractivity contribution in [2.45, 2.75) is 265 Å². The Bertz CT molecular complexity index is 1020. The summed E-state index contributed by atoms with van der Waals surface area (Å²) in [6.07, 6.45) is 40.5. The van der Waals surface area contributed by atoms with Crippen molar-refractivity contribution in [3.8, 4) is 0 Å². The summed E-state index contributed by atoms with van der Waals surface area (Å²) in [6.45, 7) is 12.4. The Morgan fingerprint density at radius 3 is 1.12 bits per heavy atom. The maximum atomic E-state index is 12.8. The van der Waals surface area contributed by atoms with E-state index in [1.54, 1.807) is 7.05 Å². The van der Waals surface area contributed by atoms with Crippen LogP contribution in [0.15, 0.2) is 0 Å². The number of hydrogen-bond acceptors (Lipinski definition) is 7. The zero-order valence-electron chi connectivity index (χ0n) is 39.5. The Labute approximate surface area is 361 Å². The van der Waals surface area contributed by atoms with Crippen LogP contribution in [0.5, 0.6) is 0 Å². The van der Waals surface area contributed by atoms with Crippen LogP contribution in [0.1, 0.15) is 252 Å². The first-order valence-corrected chi connectivity index (χ1v) is 26.9. The van der Waals surface area contributed by atoms with E-state index >= 15 is 0 Å². The SMILES string of the molecule is CCCCCCCCC(CCC)OC(=O)CCCCCCCN(CCCCCCCC(=O)OC(CCCCCCC)CCCCCCCC)CCCN(C)S(C)(=O)=O. The van der Waals surface area contributed by atoms with Gasteiger partial charge in [-0.3, -0.25) is 9.59 Å². The number of sulfonamides is 1. The Morgan fingerprint density at radius 1 is 0.414 bits per heavy atom. The van der Waals surface area contributed by atoms with Gasteiger partial charge in [-0.2, -0.15) is 0 Å². The summed E-state index contributed by atoms with van der Waals surface area (Å²) >= 11 is 0. The van der Waals surface area contributed by atoms with Gasteiger partial charge in [-0.15, -0.1) is 0 Å². The third-order valence-electron chi connectivity index (χ3n) is 11.8. The summed E-state index contributed by atoms with van der Waals surface area (Å²) in [5.74, 6) is -0.0281. The molecule has 0 amide bonds. The second kappa shape index (κ2) is 41.2. The standard InChI is InChI=1S/C49H98N2O6S/c1-7-11-14-17-22-29-37-46(36-10-4)56-48(52)40-31-24-19-26-33-43-51(45-35-42-50(5)58(6,54)55)44-34-27-20-25-32-41-49(53)57-47(38-28-21-16-13-9-3)39-30-23-18-15-12-8-2/h46-47H,7-45H2,1-6H3. The van der Waals surface area contributed by atoms with E-state index in [1.165, 1.54) is 107 Å². The lowest BCUT2D eigenvalue weighted by Crippen LogP contribution is -2.32. The van der Waals surface area contributed by atoms with Crippen LogP contribution in [0.4, 0.5) is 0 Å². The minimum atomic E-state index is -3.17. The van der Waals surface area contributed by atoms with E-state index in [4.69, 9.17) is 9.47 Å². The summed E-state index contributed by atoms with van der Waals surface area (Å²) in [4.78, 5) is 27.9. The Morgan fingerprint density at radius 2 is 0.741 bits per heavy atom. The molecular weight excluding hydrogens is 745 g/mol. The lowest BCUT2D eigenvalue weighted by Gasteiger charge is -2.23. The zero-order chi connectivity index (χ0) is 43.0. The van der Waals surface area contributed by atoms with Crippen molar-refractivity contribution >= 4 is 22.0 Å². The molecule has 0 spiro atoms. The molecule has 8 nitrogen and oxygen atoms in total. The third-order valence-corrected chi connectivity index (χ3v) is 13.1. The van der Waals surface area contributed by atoms with Crippen LogP contribution in [0.2, 0.25) is 0 Å². The van der Waals surface area contributed by atoms with E-state index < -0.39 is 10.0 Å². The lowest BCUT2D eigenvalue weighted by molar-refractivity contribution is -0.151. The molecule has 2 unspecified atom stereocenters. The molecule has 346 valence electrons. The first kappa shape index (κ1) is 56.8. The highest BCUT2D eigenvalue weighted by Gasteiger charge is 2.16. The molecule has 0 bridgehead atoms. The molecule has 0 saturated carbocycles. The molecule has 0 fully saturated rings. The van der Waals surface area contributed by atoms with Crippen LogP contribution in [0, 0.1) is 0 Å². The molecule has 0 aliphatic rings. The van der Waals surface area contributed by atoms with Crippen LogP contribution < -0.4 is 0 Å². The molecule has 2 atom stereocenters. The first-order chi connectivity index (χ1) is 28.1. The van der Waals surface area contributed by atoms with Gasteiger partial charge in [0.2, 0.25) is 10.0 Å². The Kier molecular flexibility index (Phi) is 40.3. The van der Waals surface area contributed by atoms with E-state index in [2.05, 4.69) is 32.6 Å². The summed E-state index contributed by atoms with van der Waals surface area (Å²) < 4.78 is 37.2. The fourth-order valence-corrected chi connectivity index (χ4v) is 8.37. The predicted octanol–water partition coefficient (Wildman–Crippen LogP) is 13.7. The minimum Gasteiger partial charge on any atom is -0.462 e. The van der Waals surface area contributed by atoms with Crippen LogP contribution >= 0.6 is 0 Å². The highest BCUT2D eigenvalue weighted by molar-refractivity contribution is 7.88. The zero-order valence-corrected chi connectivity index (χ0v) is 40.3. The van der Waals surface area contributed by atoms with E-state index in [0.717, 1.165) is 135 Å². The van der Waals surface area contributed by atoms with Gasteiger partial charge in [0.05, 0.1) is 6.26 Å². The molecule has 0 N–H and O–H groups in total. The Hall–Kier alpha value is -1.19. The average molecular weight is 843 g/mol. The maximum absolute atomic E-state index is 12.8. The quantitative estimate of drug-likeness (QED) is 0.0445. The van der Waals surface area contributed by atoms with Crippen molar-refractivity contribution in [1.29, 1.82) is 0 Å². The normalized spacial score (nSPS) is 13.0. The fraction of sp³-hybridized carbons (Fsp3) is 0.959. The van der Waals surface area contributed by atoms with Crippen molar-refractivity contribution in [3.05, 3.63) is 0 Å². The molecular formula is C49H98N2O6S. The average Bonchev–Trinajstić information content (AvgIpc) is 3.18. The van der Waals surface area contributed by atoms with Gasteiger partial charge in [-0.1, -0.05) is 163 Å². The second-order valence-electron chi connectivity index (χ2n) is 17.6. The first-order valence-electron chi connectivity index (χ1n) is 25.1. The second-order valence-corrected chi connectivity index (χ2v) is 19.7. The highest BCUT2D eigenvalue weighted by Crippen LogP contribution is 2.19. The molecule has 0 aliphatic heterocycles. The van der Waals surface area contributed by atoms with Gasteiger partial charge >= 0.3 is 11.9 Å². The molecule has 58 heavy (non-hydrogen) atoms. The number of carbonyl (C=O) groups excluding carboxylic acids is 2. The monoisotopic (exact) mass is 843 g/mol. The molecule has 9 heteroatoms. The topological polar surface area (TPSA) is 93.2 Å². The number of hydrogen-bond donors (Lipinski definition) is 0. The highest BCUT2D eigenvalue weighted by atomic mass is 32.2. The van der Waals surface area contributed by atoms with Gasteiger partial charge in [0.1, 0.15) is 12.2 Å². The molecule has 0 heterocycles. The number of nitrogens with zero attached hydrogens (tertiary/aromatic N) is 2. The summed E-state index contributed by atoms with van der Waals surface area (Å²) in [6, 6.07) is 0. The van der Waals surface area contributed by atoms with Crippen molar-refractivity contribution in [2.24, 2.45) is 0 Å². The maximum Gasteiger partial charge on any atom is 0.306 e. The predicted molar refractivity (Wildman–Crippen MR) is 248 cm³/mol. The Balaban J connectivity index is 4.51. The summed E-state index contributed by atoms with van der Waals surface area (Å²) in [5.41, 5.74) is 0. The number of carbonyl (C=O) groups is 2. The van der Waals surface area contributed by atoms with Crippen molar-refractivity contribution in [3.63, 3.8) is 0 Å². The van der Waals surface area contributed by atoms with Gasteiger partial charge < -0.3 is 14.4 Å². The number of unbranched alkanes of at least 4 members (excludes halogenated alkanes) is 22. The lowest BCUT2D eigenvalue weighted by atomic mass is 10.0. The third kappa shape index (κ3) is 37.8. The van der Waals surface area contributed by atoms with Crippen molar-refractivity contribution in [1.82, 2.24) is 9.21 Å². The molecule has 0 aliphatic carbocycles. The molecule has 0 aromatic carbocycles. The van der Waals surface area contributed by atoms with Crippen LogP contribution in [-0.4, -0.2) is 81.3 Å². The van der Waals surface area contributed by atoms with Gasteiger partial charge in [0.25, 0.3) is 0 Å². The number of esters is 2. The molecule has 0 rings (SSSR count). The molecule has 0 aromatic heterocycles. The van der Waals surface area contributed by atoms with E-state index in [0.29, 0.717) is 19.4 Å². The van der Waals surface area contributed by atoms with E-state index in [-0.39, 0.29) is 24.1 Å². The largest absolute Gasteiger partial charge is 0.462 e. The number of ether oxygens (including phenoxy) is 2. The van der Waals surface area contributed by atoms with Gasteiger partial charge in [0, 0.05) is 26.4 Å². The van der Waals surface area contributed by atoms with E-state index in [9.17, 15) is 18.0 Å². The van der Waals surface area contributed by atoms with Crippen LogP contribution in [0.25, 0.3) is 0 Å². The molecule has 0 radical (unpaired) electrons. The van der Waals surface area contributed by atoms with Gasteiger partial charge in [-0.25, -0.2) is 12.7 Å². The van der Waals surface area contributed by atoms with Crippen LogP contribution in [-0.2, 0) is 29.1 Å². The molecule has 0 saturated heterocycles. The van der Waals surface area contributed by atoms with Crippen molar-refractivity contribution in [2.75, 3.05) is 39.5 Å². The van der Waals surface area contributed by atoms with Gasteiger partial charge in [-0.05, 0) is 96.7 Å². The fourth-order valence-electron chi connectivity index (χ4n) is 7.90. The smallest absolute Gasteiger partial charge is 0.306 e. The van der Waals surface area contributed by atoms with Gasteiger partial charge in [0.15, 0.2) is 0 Å². The van der Waals surface area contributed by atoms with Crippen LogP contribution in [0.3, 0.4) is 0 Å². The summed E-state index contributed by atoms with van der Waals surface area (Å²) in [7, 11) is -1.50. The number of rotatable bonds is 45. The summed E-state index contributed by atoms with van der Waals surface area (Å²) in [5, 5.41) is 0. The van der Waals surface area contributed by atoms with E-state index in [1.807, 2.05) is 0 Å². The molecule has 0 aromatic rings. The van der Waals surface area contributed by atoms with Crippen molar-refractivity contribution < 1.29 is 27.5 Å².